The number of benzene rings is 2. The van der Waals surface area contributed by atoms with Gasteiger partial charge in [0.15, 0.2) is 0 Å². The van der Waals surface area contributed by atoms with Gasteiger partial charge in [0.25, 0.3) is 5.91 Å². The van der Waals surface area contributed by atoms with E-state index in [1.165, 1.54) is 4.31 Å². The van der Waals surface area contributed by atoms with Crippen molar-refractivity contribution in [2.75, 3.05) is 53.0 Å². The summed E-state index contributed by atoms with van der Waals surface area (Å²) in [5, 5.41) is 0. The number of amides is 1. The molecule has 0 aliphatic carbocycles. The summed E-state index contributed by atoms with van der Waals surface area (Å²) in [5.41, 5.74) is 0.168. The van der Waals surface area contributed by atoms with Crippen molar-refractivity contribution in [2.45, 2.75) is 16.5 Å². The zero-order valence-corrected chi connectivity index (χ0v) is 18.8. The van der Waals surface area contributed by atoms with Crippen LogP contribution in [-0.2, 0) is 14.8 Å². The van der Waals surface area contributed by atoms with E-state index in [-0.39, 0.29) is 11.9 Å². The van der Waals surface area contributed by atoms with Crippen LogP contribution < -0.4 is 4.74 Å². The number of morpholine rings is 1. The maximum atomic E-state index is 13.3. The third-order valence-electron chi connectivity index (χ3n) is 6.68. The molecule has 9 heteroatoms. The fourth-order valence-corrected chi connectivity index (χ4v) is 6.71. The van der Waals surface area contributed by atoms with E-state index in [1.807, 2.05) is 11.0 Å². The maximum absolute atomic E-state index is 13.3. The second kappa shape index (κ2) is 8.15. The summed E-state index contributed by atoms with van der Waals surface area (Å²) in [6, 6.07) is 15.7. The molecular formula is C23H27N3O5S. The minimum atomic E-state index is -3.56. The normalized spacial score (nSPS) is 23.4. The molecule has 170 valence electrons. The number of hydrogen-bond donors (Lipinski definition) is 0. The summed E-state index contributed by atoms with van der Waals surface area (Å²) in [4.78, 5) is 17.9. The van der Waals surface area contributed by atoms with Gasteiger partial charge in [0.1, 0.15) is 5.75 Å². The monoisotopic (exact) mass is 457 g/mol. The minimum absolute atomic E-state index is 0.0497. The van der Waals surface area contributed by atoms with Gasteiger partial charge < -0.3 is 14.4 Å². The van der Waals surface area contributed by atoms with E-state index in [4.69, 9.17) is 9.47 Å². The molecule has 3 fully saturated rings. The lowest BCUT2D eigenvalue weighted by atomic mass is 9.84. The zero-order valence-electron chi connectivity index (χ0n) is 18.0. The van der Waals surface area contributed by atoms with Crippen LogP contribution in [0.3, 0.4) is 0 Å². The van der Waals surface area contributed by atoms with Crippen molar-refractivity contribution in [3.63, 3.8) is 0 Å². The van der Waals surface area contributed by atoms with Crippen LogP contribution in [-0.4, -0.2) is 93.1 Å². The van der Waals surface area contributed by atoms with Crippen LogP contribution in [0, 0.1) is 0 Å². The van der Waals surface area contributed by atoms with Gasteiger partial charge in [0.2, 0.25) is 10.0 Å². The second-order valence-corrected chi connectivity index (χ2v) is 10.6. The molecule has 3 heterocycles. The summed E-state index contributed by atoms with van der Waals surface area (Å²) in [5.74, 6) is 0.562. The fourth-order valence-electron chi connectivity index (χ4n) is 5.09. The molecule has 0 bridgehead atoms. The molecule has 5 rings (SSSR count). The maximum Gasteiger partial charge on any atom is 0.254 e. The number of carbonyl (C=O) groups is 1. The third kappa shape index (κ3) is 3.59. The molecule has 32 heavy (non-hydrogen) atoms. The molecule has 1 atom stereocenters. The first-order chi connectivity index (χ1) is 15.4. The molecule has 0 N–H and O–H groups in total. The van der Waals surface area contributed by atoms with Crippen LogP contribution in [0.15, 0.2) is 59.5 Å². The highest BCUT2D eigenvalue weighted by Gasteiger charge is 2.57. The van der Waals surface area contributed by atoms with E-state index >= 15 is 0 Å². The molecule has 8 nitrogen and oxygen atoms in total. The number of hydrogen-bond acceptors (Lipinski definition) is 6. The molecule has 3 aliphatic rings. The van der Waals surface area contributed by atoms with Gasteiger partial charge in [-0.3, -0.25) is 9.69 Å². The van der Waals surface area contributed by atoms with Crippen LogP contribution in [0.25, 0.3) is 0 Å². The van der Waals surface area contributed by atoms with E-state index in [0.717, 1.165) is 6.54 Å². The van der Waals surface area contributed by atoms with Gasteiger partial charge in [-0.2, -0.15) is 4.31 Å². The molecule has 1 spiro atoms. The number of nitrogens with zero attached hydrogens (tertiary/aromatic N) is 3. The predicted molar refractivity (Wildman–Crippen MR) is 118 cm³/mol. The summed E-state index contributed by atoms with van der Waals surface area (Å²) < 4.78 is 38.7. The zero-order chi connectivity index (χ0) is 22.3. The van der Waals surface area contributed by atoms with Crippen molar-refractivity contribution >= 4 is 15.9 Å². The first-order valence-electron chi connectivity index (χ1n) is 10.8. The number of rotatable bonds is 4. The largest absolute Gasteiger partial charge is 0.497 e. The van der Waals surface area contributed by atoms with Crippen molar-refractivity contribution in [3.05, 3.63) is 60.2 Å². The summed E-state index contributed by atoms with van der Waals surface area (Å²) in [6.07, 6.45) is 0. The van der Waals surface area contributed by atoms with Gasteiger partial charge in [-0.05, 0) is 30.3 Å². The van der Waals surface area contributed by atoms with Crippen molar-refractivity contribution < 1.29 is 22.7 Å². The highest BCUT2D eigenvalue weighted by atomic mass is 32.2. The fraction of sp³-hybridized carbons (Fsp3) is 0.435. The number of carbonyl (C=O) groups excluding carboxylic acids is 1. The molecule has 0 unspecified atom stereocenters. The Morgan fingerprint density at radius 3 is 2.62 bits per heavy atom. The topological polar surface area (TPSA) is 79.4 Å². The number of ether oxygens (including phenoxy) is 2. The standard InChI is InChI=1S/C23H27N3O5S/c1-30-20-7-5-6-18(12-20)22(27)24-13-19-14-31-11-10-26(19)23(15-24)16-25(17-23)32(28,29)21-8-3-2-4-9-21/h2-9,12,19H,10-11,13-17H2,1H3/t19-/m1/s1. The molecule has 1 amide bonds. The van der Waals surface area contributed by atoms with E-state index < -0.39 is 15.6 Å². The predicted octanol–water partition coefficient (Wildman–Crippen LogP) is 1.30. The average Bonchev–Trinajstić information content (AvgIpc) is 2.81. The van der Waals surface area contributed by atoms with Gasteiger partial charge in [0.05, 0.1) is 36.8 Å². The van der Waals surface area contributed by atoms with E-state index in [1.54, 1.807) is 55.6 Å². The second-order valence-electron chi connectivity index (χ2n) is 8.65. The Morgan fingerprint density at radius 2 is 1.88 bits per heavy atom. The number of piperazine rings is 1. The lowest BCUT2D eigenvalue weighted by Crippen LogP contribution is -2.81. The van der Waals surface area contributed by atoms with Crippen molar-refractivity contribution in [1.29, 1.82) is 0 Å². The Kier molecular flexibility index (Phi) is 5.45. The summed E-state index contributed by atoms with van der Waals surface area (Å²) >= 11 is 0. The SMILES string of the molecule is COc1cccc(C(=O)N2C[C@@H]3COCCN3C3(C2)CN(S(=O)(=O)c2ccccc2)C3)c1. The van der Waals surface area contributed by atoms with Crippen LogP contribution >= 0.6 is 0 Å². The van der Waals surface area contributed by atoms with E-state index in [9.17, 15) is 13.2 Å². The van der Waals surface area contributed by atoms with Crippen molar-refractivity contribution in [3.8, 4) is 5.75 Å². The number of fused-ring (bicyclic) bond motifs is 2. The van der Waals surface area contributed by atoms with E-state index in [0.29, 0.717) is 55.6 Å². The van der Waals surface area contributed by atoms with Crippen molar-refractivity contribution in [1.82, 2.24) is 14.1 Å². The van der Waals surface area contributed by atoms with Gasteiger partial charge >= 0.3 is 0 Å². The van der Waals surface area contributed by atoms with Gasteiger partial charge in [-0.1, -0.05) is 24.3 Å². The molecule has 3 saturated heterocycles. The minimum Gasteiger partial charge on any atom is -0.497 e. The summed E-state index contributed by atoms with van der Waals surface area (Å²) in [6.45, 7) is 3.67. The van der Waals surface area contributed by atoms with Crippen LogP contribution in [0.4, 0.5) is 0 Å². The molecule has 2 aromatic carbocycles. The third-order valence-corrected chi connectivity index (χ3v) is 8.49. The number of sulfonamides is 1. The Morgan fingerprint density at radius 1 is 1.09 bits per heavy atom. The quantitative estimate of drug-likeness (QED) is 0.689. The summed E-state index contributed by atoms with van der Waals surface area (Å²) in [7, 11) is -1.98. The van der Waals surface area contributed by atoms with Crippen LogP contribution in [0.1, 0.15) is 10.4 Å². The lowest BCUT2D eigenvalue weighted by Gasteiger charge is -2.62. The van der Waals surface area contributed by atoms with Crippen molar-refractivity contribution in [2.24, 2.45) is 0 Å². The van der Waals surface area contributed by atoms with Crippen LogP contribution in [0.2, 0.25) is 0 Å². The first-order valence-corrected chi connectivity index (χ1v) is 12.2. The molecule has 3 aliphatic heterocycles. The van der Waals surface area contributed by atoms with E-state index in [2.05, 4.69) is 4.90 Å². The molecule has 0 radical (unpaired) electrons. The molecule has 0 saturated carbocycles. The highest BCUT2D eigenvalue weighted by molar-refractivity contribution is 7.89. The number of methoxy groups -OCH3 is 1. The first kappa shape index (κ1) is 21.4. The average molecular weight is 458 g/mol. The Hall–Kier alpha value is -2.46. The highest BCUT2D eigenvalue weighted by Crippen LogP contribution is 2.38. The smallest absolute Gasteiger partial charge is 0.254 e. The van der Waals surface area contributed by atoms with Gasteiger partial charge in [0, 0.05) is 38.3 Å². The Bertz CT molecular complexity index is 1100. The molecular weight excluding hydrogens is 430 g/mol. The lowest BCUT2D eigenvalue weighted by molar-refractivity contribution is -0.141. The molecule has 2 aromatic rings. The van der Waals surface area contributed by atoms with Gasteiger partial charge in [-0.15, -0.1) is 0 Å². The Balaban J connectivity index is 1.40. The Labute approximate surface area is 188 Å². The van der Waals surface area contributed by atoms with Crippen LogP contribution in [0.5, 0.6) is 5.75 Å². The molecule has 0 aromatic heterocycles. The van der Waals surface area contributed by atoms with Gasteiger partial charge in [-0.25, -0.2) is 8.42 Å².